The topological polar surface area (TPSA) is 20.3 Å². The Labute approximate surface area is 115 Å². The fourth-order valence-electron chi connectivity index (χ4n) is 1.69. The van der Waals surface area contributed by atoms with Crippen molar-refractivity contribution in [3.63, 3.8) is 0 Å². The standard InChI is InChI=1S/C14H13F2NOS/c15-14(16,7-6-12-4-2-1-3-5-12)13(18)17-8-10-19-11-9-17/h1-5H,8-11H2. The van der Waals surface area contributed by atoms with Crippen LogP contribution in [0.3, 0.4) is 0 Å². The summed E-state index contributed by atoms with van der Waals surface area (Å²) in [4.78, 5) is 12.9. The average Bonchev–Trinajstić information content (AvgIpc) is 2.46. The summed E-state index contributed by atoms with van der Waals surface area (Å²) in [6, 6.07) is 8.47. The van der Waals surface area contributed by atoms with Crippen LogP contribution in [0.1, 0.15) is 5.56 Å². The molecule has 1 amide bonds. The second-order valence-electron chi connectivity index (χ2n) is 4.09. The minimum absolute atomic E-state index is 0.367. The largest absolute Gasteiger partial charge is 0.385 e. The van der Waals surface area contributed by atoms with E-state index in [9.17, 15) is 13.6 Å². The van der Waals surface area contributed by atoms with Crippen LogP contribution in [0.2, 0.25) is 0 Å². The molecule has 0 bridgehead atoms. The molecule has 5 heteroatoms. The third-order valence-corrected chi connectivity index (χ3v) is 3.65. The van der Waals surface area contributed by atoms with Crippen molar-refractivity contribution in [2.75, 3.05) is 24.6 Å². The summed E-state index contributed by atoms with van der Waals surface area (Å²) in [6.45, 7) is 0.734. The van der Waals surface area contributed by atoms with Crippen LogP contribution in [0.25, 0.3) is 0 Å². The number of alkyl halides is 2. The molecule has 1 aliphatic rings. The molecule has 1 fully saturated rings. The lowest BCUT2D eigenvalue weighted by atomic mass is 10.2. The van der Waals surface area contributed by atoms with Crippen LogP contribution in [0.5, 0.6) is 0 Å². The van der Waals surface area contributed by atoms with E-state index < -0.39 is 11.8 Å². The van der Waals surface area contributed by atoms with E-state index in [-0.39, 0.29) is 0 Å². The Morgan fingerprint density at radius 3 is 2.47 bits per heavy atom. The molecule has 0 spiro atoms. The van der Waals surface area contributed by atoms with Crippen LogP contribution in [0.15, 0.2) is 30.3 Å². The van der Waals surface area contributed by atoms with Gasteiger partial charge in [-0.2, -0.15) is 20.5 Å². The maximum Gasteiger partial charge on any atom is 0.385 e. The van der Waals surface area contributed by atoms with Gasteiger partial charge in [-0.15, -0.1) is 0 Å². The number of halogens is 2. The van der Waals surface area contributed by atoms with Gasteiger partial charge in [0.1, 0.15) is 0 Å². The lowest BCUT2D eigenvalue weighted by Gasteiger charge is -2.28. The molecule has 1 aromatic carbocycles. The van der Waals surface area contributed by atoms with Gasteiger partial charge in [-0.05, 0) is 18.1 Å². The van der Waals surface area contributed by atoms with Crippen LogP contribution in [0.4, 0.5) is 8.78 Å². The van der Waals surface area contributed by atoms with Gasteiger partial charge in [0.05, 0.1) is 0 Å². The molecule has 0 radical (unpaired) electrons. The van der Waals surface area contributed by atoms with E-state index in [1.807, 2.05) is 0 Å². The lowest BCUT2D eigenvalue weighted by Crippen LogP contribution is -2.46. The minimum Gasteiger partial charge on any atom is -0.335 e. The molecule has 1 aliphatic heterocycles. The SMILES string of the molecule is O=C(N1CCSCC1)C(F)(F)C#Cc1ccccc1. The Kier molecular flexibility index (Phi) is 4.43. The van der Waals surface area contributed by atoms with E-state index in [1.165, 1.54) is 4.90 Å². The van der Waals surface area contributed by atoms with Gasteiger partial charge in [0.2, 0.25) is 0 Å². The Morgan fingerprint density at radius 1 is 1.21 bits per heavy atom. The first kappa shape index (κ1) is 13.9. The van der Waals surface area contributed by atoms with Crippen molar-refractivity contribution in [1.82, 2.24) is 4.90 Å². The first-order valence-electron chi connectivity index (χ1n) is 5.93. The smallest absolute Gasteiger partial charge is 0.335 e. The molecule has 0 aromatic heterocycles. The molecular weight excluding hydrogens is 268 g/mol. The Balaban J connectivity index is 2.09. The van der Waals surface area contributed by atoms with E-state index in [2.05, 4.69) is 5.92 Å². The molecule has 2 nitrogen and oxygen atoms in total. The number of carbonyl (C=O) groups excluding carboxylic acids is 1. The zero-order chi connectivity index (χ0) is 13.7. The monoisotopic (exact) mass is 281 g/mol. The fourth-order valence-corrected chi connectivity index (χ4v) is 2.59. The highest BCUT2D eigenvalue weighted by Crippen LogP contribution is 2.19. The molecule has 100 valence electrons. The maximum absolute atomic E-state index is 13.7. The average molecular weight is 281 g/mol. The highest BCUT2D eigenvalue weighted by Gasteiger charge is 2.40. The molecule has 1 saturated heterocycles. The third kappa shape index (κ3) is 3.71. The van der Waals surface area contributed by atoms with Crippen LogP contribution in [-0.4, -0.2) is 41.3 Å². The number of benzene rings is 1. The number of nitrogens with zero attached hydrogens (tertiary/aromatic N) is 1. The van der Waals surface area contributed by atoms with Crippen LogP contribution in [-0.2, 0) is 4.79 Å². The van der Waals surface area contributed by atoms with Crippen molar-refractivity contribution in [2.45, 2.75) is 5.92 Å². The van der Waals surface area contributed by atoms with Crippen LogP contribution in [0, 0.1) is 11.8 Å². The summed E-state index contributed by atoms with van der Waals surface area (Å²) >= 11 is 1.66. The number of thioether (sulfide) groups is 1. The Bertz CT molecular complexity index is 501. The van der Waals surface area contributed by atoms with Gasteiger partial charge in [0, 0.05) is 30.2 Å². The van der Waals surface area contributed by atoms with Crippen molar-refractivity contribution in [3.05, 3.63) is 35.9 Å². The van der Waals surface area contributed by atoms with Gasteiger partial charge in [-0.3, -0.25) is 4.79 Å². The molecule has 0 atom stereocenters. The Hall–Kier alpha value is -1.54. The van der Waals surface area contributed by atoms with Crippen LogP contribution >= 0.6 is 11.8 Å². The molecule has 1 heterocycles. The molecule has 0 aliphatic carbocycles. The number of amides is 1. The molecule has 0 N–H and O–H groups in total. The third-order valence-electron chi connectivity index (χ3n) is 2.70. The summed E-state index contributed by atoms with van der Waals surface area (Å²) in [6.07, 6.45) is 0. The predicted octanol–water partition coefficient (Wildman–Crippen LogP) is 2.25. The molecule has 1 aromatic rings. The van der Waals surface area contributed by atoms with Crippen molar-refractivity contribution in [2.24, 2.45) is 0 Å². The van der Waals surface area contributed by atoms with E-state index >= 15 is 0 Å². The predicted molar refractivity (Wildman–Crippen MR) is 72.2 cm³/mol. The van der Waals surface area contributed by atoms with Gasteiger partial charge in [0.25, 0.3) is 0 Å². The number of hydrogen-bond acceptors (Lipinski definition) is 2. The van der Waals surface area contributed by atoms with Gasteiger partial charge in [0.15, 0.2) is 0 Å². The van der Waals surface area contributed by atoms with E-state index in [0.29, 0.717) is 30.2 Å². The molecule has 0 saturated carbocycles. The highest BCUT2D eigenvalue weighted by atomic mass is 32.2. The quantitative estimate of drug-likeness (QED) is 0.736. The minimum atomic E-state index is -3.61. The van der Waals surface area contributed by atoms with Gasteiger partial charge in [-0.1, -0.05) is 24.1 Å². The number of carbonyl (C=O) groups is 1. The Morgan fingerprint density at radius 2 is 1.84 bits per heavy atom. The summed E-state index contributed by atoms with van der Waals surface area (Å²) in [7, 11) is 0. The van der Waals surface area contributed by atoms with E-state index in [4.69, 9.17) is 0 Å². The number of rotatable bonds is 1. The molecule has 2 rings (SSSR count). The zero-order valence-corrected chi connectivity index (χ0v) is 11.1. The van der Waals surface area contributed by atoms with Crippen molar-refractivity contribution in [1.29, 1.82) is 0 Å². The van der Waals surface area contributed by atoms with Crippen molar-refractivity contribution < 1.29 is 13.6 Å². The second kappa shape index (κ2) is 6.07. The van der Waals surface area contributed by atoms with Gasteiger partial charge >= 0.3 is 11.8 Å². The summed E-state index contributed by atoms with van der Waals surface area (Å²) in [5.41, 5.74) is 0.476. The van der Waals surface area contributed by atoms with E-state index in [1.54, 1.807) is 48.0 Å². The van der Waals surface area contributed by atoms with Crippen molar-refractivity contribution in [3.8, 4) is 11.8 Å². The summed E-state index contributed by atoms with van der Waals surface area (Å²) in [5, 5.41) is 0. The fraction of sp³-hybridized carbons (Fsp3) is 0.357. The first-order chi connectivity index (χ1) is 9.09. The van der Waals surface area contributed by atoms with E-state index in [0.717, 1.165) is 0 Å². The molecule has 19 heavy (non-hydrogen) atoms. The number of hydrogen-bond donors (Lipinski definition) is 0. The zero-order valence-electron chi connectivity index (χ0n) is 10.2. The second-order valence-corrected chi connectivity index (χ2v) is 5.32. The van der Waals surface area contributed by atoms with Gasteiger partial charge < -0.3 is 4.90 Å². The van der Waals surface area contributed by atoms with Crippen LogP contribution < -0.4 is 0 Å². The van der Waals surface area contributed by atoms with Crippen molar-refractivity contribution >= 4 is 17.7 Å². The van der Waals surface area contributed by atoms with Gasteiger partial charge in [-0.25, -0.2) is 0 Å². The molecule has 0 unspecified atom stereocenters. The normalized spacial score (nSPS) is 15.6. The first-order valence-corrected chi connectivity index (χ1v) is 7.08. The maximum atomic E-state index is 13.7. The summed E-state index contributed by atoms with van der Waals surface area (Å²) in [5.74, 6) is 0.751. The summed E-state index contributed by atoms with van der Waals surface area (Å²) < 4.78 is 27.4. The molecular formula is C14H13F2NOS. The lowest BCUT2D eigenvalue weighted by molar-refractivity contribution is -0.149. The highest BCUT2D eigenvalue weighted by molar-refractivity contribution is 7.99.